The van der Waals surface area contributed by atoms with Gasteiger partial charge in [-0.15, -0.1) is 11.3 Å². The van der Waals surface area contributed by atoms with Crippen molar-refractivity contribution in [3.63, 3.8) is 0 Å². The third-order valence-corrected chi connectivity index (χ3v) is 16.4. The topological polar surface area (TPSA) is 8.17 Å². The van der Waals surface area contributed by atoms with Gasteiger partial charge in [0.2, 0.25) is 0 Å². The Morgan fingerprint density at radius 3 is 1.59 bits per heavy atom. The van der Waals surface area contributed by atoms with E-state index in [1.807, 2.05) is 11.3 Å². The molecule has 0 bridgehead atoms. The summed E-state index contributed by atoms with van der Waals surface area (Å²) >= 11 is 1.89. The molecular weight excluding hydrogens is 865 g/mol. The van der Waals surface area contributed by atoms with Crippen LogP contribution in [0.1, 0.15) is 22.3 Å². The summed E-state index contributed by atoms with van der Waals surface area (Å²) in [4.78, 5) is 2.56. The van der Waals surface area contributed by atoms with Crippen LogP contribution in [0, 0.1) is 0 Å². The smallest absolute Gasteiger partial charge is 0.0726 e. The quantitative estimate of drug-likeness (QED) is 0.161. The van der Waals surface area contributed by atoms with E-state index in [0.29, 0.717) is 0 Å². The van der Waals surface area contributed by atoms with E-state index in [2.05, 4.69) is 264 Å². The lowest BCUT2D eigenvalue weighted by molar-refractivity contribution is 0.794. The minimum absolute atomic E-state index is 0.485. The molecule has 2 aromatic heterocycles. The zero-order valence-electron chi connectivity index (χ0n) is 38.1. The Hall–Kier alpha value is -8.76. The third-order valence-electron chi connectivity index (χ3n) is 15.2. The predicted molar refractivity (Wildman–Crippen MR) is 296 cm³/mol. The average molecular weight is 907 g/mol. The summed E-state index contributed by atoms with van der Waals surface area (Å²) < 4.78 is 5.13. The number of aromatic nitrogens is 1. The highest BCUT2D eigenvalue weighted by Gasteiger charge is 2.52. The normalized spacial score (nSPS) is 13.0. The van der Waals surface area contributed by atoms with E-state index in [4.69, 9.17) is 0 Å². The molecule has 0 atom stereocenters. The molecule has 0 saturated carbocycles. The standard InChI is InChI=1S/C67H42N2S/c1-4-19-43(20-5-1)45-39-46(44-21-6-2-7-22-44)41-49(40-45)68(61-33-18-32-60-64(61)56-28-12-16-31-59(56)67(60)57-29-14-10-25-50(57)51-26-11-15-30-58(51)67)48-35-36-52-54-37-38-55-53-27-13-17-34-63(53)70-66(55)65(54)69(62(52)42-48)47-23-8-3-9-24-47/h1-42H. The highest BCUT2D eigenvalue weighted by molar-refractivity contribution is 7.26. The Balaban J connectivity index is 1.07. The zero-order chi connectivity index (χ0) is 45.9. The number of hydrogen-bond donors (Lipinski definition) is 0. The van der Waals surface area contributed by atoms with Gasteiger partial charge in [0.05, 0.1) is 26.8 Å². The number of benzene rings is 11. The second-order valence-corrected chi connectivity index (χ2v) is 19.8. The molecule has 70 heavy (non-hydrogen) atoms. The van der Waals surface area contributed by atoms with Crippen LogP contribution in [0.5, 0.6) is 0 Å². The van der Waals surface area contributed by atoms with Gasteiger partial charge in [0.15, 0.2) is 0 Å². The molecule has 2 aliphatic carbocycles. The van der Waals surface area contributed by atoms with Crippen molar-refractivity contribution in [1.29, 1.82) is 0 Å². The van der Waals surface area contributed by atoms with Crippen molar-refractivity contribution >= 4 is 70.4 Å². The molecule has 0 N–H and O–H groups in total. The third kappa shape index (κ3) is 5.49. The van der Waals surface area contributed by atoms with Crippen LogP contribution in [0.3, 0.4) is 0 Å². The molecule has 0 unspecified atom stereocenters. The minimum Gasteiger partial charge on any atom is -0.310 e. The molecule has 3 heteroatoms. The molecule has 1 spiro atoms. The van der Waals surface area contributed by atoms with Crippen molar-refractivity contribution < 1.29 is 0 Å². The fraction of sp³-hybridized carbons (Fsp3) is 0.0149. The van der Waals surface area contributed by atoms with Crippen molar-refractivity contribution in [3.05, 3.63) is 277 Å². The molecule has 2 aliphatic rings. The van der Waals surface area contributed by atoms with Gasteiger partial charge in [0.1, 0.15) is 0 Å². The van der Waals surface area contributed by atoms with Gasteiger partial charge in [0, 0.05) is 48.9 Å². The van der Waals surface area contributed by atoms with E-state index in [-0.39, 0.29) is 0 Å². The van der Waals surface area contributed by atoms with Gasteiger partial charge < -0.3 is 9.47 Å². The second kappa shape index (κ2) is 15.1. The lowest BCUT2D eigenvalue weighted by atomic mass is 9.70. The van der Waals surface area contributed by atoms with Gasteiger partial charge in [-0.2, -0.15) is 0 Å². The summed E-state index contributed by atoms with van der Waals surface area (Å²) in [5.74, 6) is 0. The average Bonchev–Trinajstić information content (AvgIpc) is 4.16. The van der Waals surface area contributed by atoms with Crippen LogP contribution in [-0.2, 0) is 5.41 Å². The first kappa shape index (κ1) is 39.3. The minimum atomic E-state index is -0.485. The Morgan fingerprint density at radius 1 is 0.357 bits per heavy atom. The molecule has 13 aromatic rings. The van der Waals surface area contributed by atoms with Gasteiger partial charge in [0.25, 0.3) is 0 Å². The zero-order valence-corrected chi connectivity index (χ0v) is 38.9. The fourth-order valence-electron chi connectivity index (χ4n) is 12.3. The first-order valence-corrected chi connectivity index (χ1v) is 25.0. The van der Waals surface area contributed by atoms with E-state index in [1.165, 1.54) is 97.6 Å². The number of para-hydroxylation sites is 1. The number of thiophene rings is 1. The first-order valence-electron chi connectivity index (χ1n) is 24.2. The highest BCUT2D eigenvalue weighted by atomic mass is 32.1. The second-order valence-electron chi connectivity index (χ2n) is 18.7. The van der Waals surface area contributed by atoms with Crippen LogP contribution in [0.15, 0.2) is 255 Å². The Kier molecular flexibility index (Phi) is 8.48. The van der Waals surface area contributed by atoms with E-state index < -0.39 is 5.41 Å². The molecule has 0 aliphatic heterocycles. The summed E-state index contributed by atoms with van der Waals surface area (Å²) in [6, 6.07) is 94.9. The number of nitrogens with zero attached hydrogens (tertiary/aromatic N) is 2. The van der Waals surface area contributed by atoms with Gasteiger partial charge in [-0.3, -0.25) is 0 Å². The molecular formula is C67H42N2S. The van der Waals surface area contributed by atoms with Gasteiger partial charge in [-0.05, 0) is 116 Å². The molecule has 15 rings (SSSR count). The lowest BCUT2D eigenvalue weighted by Gasteiger charge is -2.32. The van der Waals surface area contributed by atoms with Crippen LogP contribution >= 0.6 is 11.3 Å². The maximum atomic E-state index is 2.56. The summed E-state index contributed by atoms with van der Waals surface area (Å²) in [6.45, 7) is 0. The van der Waals surface area contributed by atoms with Crippen LogP contribution in [0.25, 0.3) is 92.2 Å². The van der Waals surface area contributed by atoms with Crippen molar-refractivity contribution in [2.75, 3.05) is 4.90 Å². The maximum absolute atomic E-state index is 2.56. The molecule has 2 heterocycles. The highest BCUT2D eigenvalue weighted by Crippen LogP contribution is 2.65. The van der Waals surface area contributed by atoms with Crippen LogP contribution in [0.4, 0.5) is 17.1 Å². The van der Waals surface area contributed by atoms with E-state index in [9.17, 15) is 0 Å². The van der Waals surface area contributed by atoms with Crippen molar-refractivity contribution in [1.82, 2.24) is 4.57 Å². The van der Waals surface area contributed by atoms with E-state index in [1.54, 1.807) is 0 Å². The monoisotopic (exact) mass is 906 g/mol. The molecule has 2 nitrogen and oxygen atoms in total. The van der Waals surface area contributed by atoms with E-state index >= 15 is 0 Å². The van der Waals surface area contributed by atoms with Gasteiger partial charge in [-0.1, -0.05) is 200 Å². The predicted octanol–water partition coefficient (Wildman–Crippen LogP) is 18.3. The fourth-order valence-corrected chi connectivity index (χ4v) is 13.6. The number of rotatable bonds is 6. The summed E-state index contributed by atoms with van der Waals surface area (Å²) in [7, 11) is 0. The van der Waals surface area contributed by atoms with Crippen molar-refractivity contribution in [2.24, 2.45) is 0 Å². The molecule has 326 valence electrons. The Labute approximate surface area is 410 Å². The molecule has 0 amide bonds. The largest absolute Gasteiger partial charge is 0.310 e. The molecule has 0 fully saturated rings. The summed E-state index contributed by atoms with van der Waals surface area (Å²) in [6.07, 6.45) is 0. The number of hydrogen-bond acceptors (Lipinski definition) is 2. The summed E-state index contributed by atoms with van der Waals surface area (Å²) in [5.41, 5.74) is 21.5. The first-order chi connectivity index (χ1) is 34.7. The van der Waals surface area contributed by atoms with Gasteiger partial charge in [-0.25, -0.2) is 0 Å². The molecule has 11 aromatic carbocycles. The van der Waals surface area contributed by atoms with Crippen LogP contribution in [0.2, 0.25) is 0 Å². The number of fused-ring (bicyclic) bond motifs is 17. The van der Waals surface area contributed by atoms with Crippen LogP contribution < -0.4 is 4.90 Å². The Bertz CT molecular complexity index is 4140. The summed E-state index contributed by atoms with van der Waals surface area (Å²) in [5, 5.41) is 5.08. The molecule has 0 radical (unpaired) electrons. The SMILES string of the molecule is c1ccc(-c2cc(-c3ccccc3)cc(N(c3ccc4c5ccc6c7ccccc7sc6c5n(-c5ccccc5)c4c3)c3cccc4c3-c3ccccc3C43c4ccccc4-c4ccccc43)c2)cc1. The van der Waals surface area contributed by atoms with Gasteiger partial charge >= 0.3 is 0 Å². The van der Waals surface area contributed by atoms with Crippen molar-refractivity contribution in [3.8, 4) is 50.2 Å². The van der Waals surface area contributed by atoms with E-state index in [0.717, 1.165) is 33.9 Å². The van der Waals surface area contributed by atoms with Crippen LogP contribution in [-0.4, -0.2) is 4.57 Å². The maximum Gasteiger partial charge on any atom is 0.0726 e. The Morgan fingerprint density at radius 2 is 0.900 bits per heavy atom. The number of anilines is 3. The van der Waals surface area contributed by atoms with Crippen molar-refractivity contribution in [2.45, 2.75) is 5.41 Å². The molecule has 0 saturated heterocycles. The lowest BCUT2D eigenvalue weighted by Crippen LogP contribution is -2.26.